The van der Waals surface area contributed by atoms with Crippen LogP contribution in [-0.2, 0) is 5.41 Å². The van der Waals surface area contributed by atoms with Crippen molar-refractivity contribution in [1.82, 2.24) is 5.32 Å². The fourth-order valence-electron chi connectivity index (χ4n) is 1.87. The summed E-state index contributed by atoms with van der Waals surface area (Å²) in [5.74, 6) is -0.364. The van der Waals surface area contributed by atoms with Gasteiger partial charge in [-0.2, -0.15) is 0 Å². The molecule has 0 aromatic heterocycles. The number of benzene rings is 1. The van der Waals surface area contributed by atoms with Crippen LogP contribution in [0.25, 0.3) is 0 Å². The Morgan fingerprint density at radius 3 is 2.23 bits per heavy atom. The summed E-state index contributed by atoms with van der Waals surface area (Å²) < 4.78 is 0. The Morgan fingerprint density at radius 1 is 1.27 bits per heavy atom. The van der Waals surface area contributed by atoms with Crippen LogP contribution in [0, 0.1) is 10.1 Å². The molecule has 1 amide bonds. The summed E-state index contributed by atoms with van der Waals surface area (Å²) in [6, 6.07) is 4.56. The SMILES string of the molecule is CC(C)(N)CNC(=O)c1ccc(C(C)(C)C)c([N+](=O)[O-])c1.Cl. The molecule has 1 rings (SSSR count). The topological polar surface area (TPSA) is 98.3 Å². The Hall–Kier alpha value is -1.66. The highest BCUT2D eigenvalue weighted by Crippen LogP contribution is 2.31. The second-order valence-electron chi connectivity index (χ2n) is 6.91. The van der Waals surface area contributed by atoms with Gasteiger partial charge in [0.1, 0.15) is 0 Å². The monoisotopic (exact) mass is 329 g/mol. The molecule has 3 N–H and O–H groups in total. The number of nitro groups is 1. The van der Waals surface area contributed by atoms with Crippen molar-refractivity contribution >= 4 is 24.0 Å². The third-order valence-corrected chi connectivity index (χ3v) is 2.97. The van der Waals surface area contributed by atoms with Crippen LogP contribution >= 0.6 is 12.4 Å². The summed E-state index contributed by atoms with van der Waals surface area (Å²) in [5, 5.41) is 13.9. The zero-order chi connectivity index (χ0) is 16.4. The van der Waals surface area contributed by atoms with Crippen molar-refractivity contribution in [2.75, 3.05) is 6.54 Å². The van der Waals surface area contributed by atoms with E-state index in [4.69, 9.17) is 5.73 Å². The number of hydrogen-bond donors (Lipinski definition) is 2. The quantitative estimate of drug-likeness (QED) is 0.655. The highest BCUT2D eigenvalue weighted by atomic mass is 35.5. The van der Waals surface area contributed by atoms with E-state index >= 15 is 0 Å². The van der Waals surface area contributed by atoms with Gasteiger partial charge in [-0.25, -0.2) is 0 Å². The summed E-state index contributed by atoms with van der Waals surface area (Å²) in [7, 11) is 0. The molecule has 6 nitrogen and oxygen atoms in total. The van der Waals surface area contributed by atoms with Crippen molar-refractivity contribution in [2.24, 2.45) is 5.73 Å². The zero-order valence-electron chi connectivity index (χ0n) is 13.6. The second-order valence-corrected chi connectivity index (χ2v) is 6.91. The smallest absolute Gasteiger partial charge is 0.273 e. The number of carbonyl (C=O) groups is 1. The number of nitrogens with two attached hydrogens (primary N) is 1. The van der Waals surface area contributed by atoms with Crippen molar-refractivity contribution in [2.45, 2.75) is 45.6 Å². The van der Waals surface area contributed by atoms with Crippen molar-refractivity contribution in [3.05, 3.63) is 39.4 Å². The van der Waals surface area contributed by atoms with E-state index in [1.165, 1.54) is 6.07 Å². The van der Waals surface area contributed by atoms with E-state index in [1.54, 1.807) is 26.0 Å². The highest BCUT2D eigenvalue weighted by Gasteiger charge is 2.26. The van der Waals surface area contributed by atoms with Gasteiger partial charge in [-0.15, -0.1) is 12.4 Å². The minimum atomic E-state index is -0.535. The predicted molar refractivity (Wildman–Crippen MR) is 89.6 cm³/mol. The van der Waals surface area contributed by atoms with Gasteiger partial charge in [0.25, 0.3) is 11.6 Å². The van der Waals surface area contributed by atoms with Crippen LogP contribution in [0.1, 0.15) is 50.5 Å². The Bertz CT molecular complexity index is 560. The van der Waals surface area contributed by atoms with Crippen molar-refractivity contribution in [1.29, 1.82) is 0 Å². The molecular weight excluding hydrogens is 306 g/mol. The molecule has 0 fully saturated rings. The number of rotatable bonds is 4. The molecule has 124 valence electrons. The molecule has 0 aliphatic heterocycles. The molecule has 0 bridgehead atoms. The molecule has 0 saturated carbocycles. The van der Waals surface area contributed by atoms with E-state index in [0.717, 1.165) is 0 Å². The number of nitrogens with zero attached hydrogens (tertiary/aromatic N) is 1. The minimum Gasteiger partial charge on any atom is -0.350 e. The Kier molecular flexibility index (Phi) is 6.53. The molecule has 7 heteroatoms. The summed E-state index contributed by atoms with van der Waals surface area (Å²) in [6.45, 7) is 9.56. The number of carbonyl (C=O) groups excluding carboxylic acids is 1. The van der Waals surface area contributed by atoms with Gasteiger partial charge in [-0.1, -0.05) is 26.8 Å². The average molecular weight is 330 g/mol. The molecule has 0 spiro atoms. The van der Waals surface area contributed by atoms with E-state index in [2.05, 4.69) is 5.32 Å². The molecule has 1 aromatic rings. The summed E-state index contributed by atoms with van der Waals surface area (Å²) >= 11 is 0. The number of halogens is 1. The fraction of sp³-hybridized carbons (Fsp3) is 0.533. The van der Waals surface area contributed by atoms with Gasteiger partial charge in [0.2, 0.25) is 0 Å². The van der Waals surface area contributed by atoms with Crippen LogP contribution < -0.4 is 11.1 Å². The Morgan fingerprint density at radius 2 is 1.82 bits per heavy atom. The summed E-state index contributed by atoms with van der Waals surface area (Å²) in [4.78, 5) is 22.8. The summed E-state index contributed by atoms with van der Waals surface area (Å²) in [6.07, 6.45) is 0. The van der Waals surface area contributed by atoms with Crippen LogP contribution in [0.4, 0.5) is 5.69 Å². The molecule has 22 heavy (non-hydrogen) atoms. The molecule has 0 aliphatic rings. The van der Waals surface area contributed by atoms with Crippen molar-refractivity contribution in [3.63, 3.8) is 0 Å². The first-order valence-corrected chi connectivity index (χ1v) is 6.78. The molecule has 0 atom stereocenters. The minimum absolute atomic E-state index is 0. The first-order valence-electron chi connectivity index (χ1n) is 6.78. The third-order valence-electron chi connectivity index (χ3n) is 2.97. The lowest BCUT2D eigenvalue weighted by Gasteiger charge is -2.20. The fourth-order valence-corrected chi connectivity index (χ4v) is 1.87. The van der Waals surface area contributed by atoms with Gasteiger partial charge in [0.15, 0.2) is 0 Å². The van der Waals surface area contributed by atoms with Crippen molar-refractivity contribution in [3.8, 4) is 0 Å². The lowest BCUT2D eigenvalue weighted by Crippen LogP contribution is -2.45. The van der Waals surface area contributed by atoms with E-state index in [9.17, 15) is 14.9 Å². The van der Waals surface area contributed by atoms with Crippen molar-refractivity contribution < 1.29 is 9.72 Å². The van der Waals surface area contributed by atoms with Crippen LogP contribution in [0.5, 0.6) is 0 Å². The zero-order valence-corrected chi connectivity index (χ0v) is 14.4. The third kappa shape index (κ3) is 5.61. The van der Waals surface area contributed by atoms with E-state index < -0.39 is 10.5 Å². The maximum atomic E-state index is 12.0. The molecule has 0 heterocycles. The molecule has 0 aliphatic carbocycles. The van der Waals surface area contributed by atoms with Crippen LogP contribution in [0.2, 0.25) is 0 Å². The first-order chi connectivity index (χ1) is 9.42. The first kappa shape index (κ1) is 20.3. The van der Waals surface area contributed by atoms with Gasteiger partial charge in [0, 0.05) is 29.3 Å². The van der Waals surface area contributed by atoms with Crippen LogP contribution in [0.3, 0.4) is 0 Å². The molecule has 1 aromatic carbocycles. The lowest BCUT2D eigenvalue weighted by atomic mass is 9.85. The summed E-state index contributed by atoms with van der Waals surface area (Å²) in [5.41, 5.74) is 5.72. The van der Waals surface area contributed by atoms with Gasteiger partial charge < -0.3 is 11.1 Å². The molecule has 0 saturated heterocycles. The predicted octanol–water partition coefficient (Wildman–Crippen LogP) is 2.78. The number of hydrogen-bond acceptors (Lipinski definition) is 4. The van der Waals surface area contributed by atoms with Gasteiger partial charge in [0.05, 0.1) is 4.92 Å². The second kappa shape index (κ2) is 7.07. The normalized spacial score (nSPS) is 11.5. The maximum Gasteiger partial charge on any atom is 0.273 e. The standard InChI is InChI=1S/C15H23N3O3.ClH/c1-14(2,3)11-7-6-10(8-12(11)18(20)21)13(19)17-9-15(4,5)16;/h6-8H,9,16H2,1-5H3,(H,17,19);1H. The largest absolute Gasteiger partial charge is 0.350 e. The Balaban J connectivity index is 0.00000441. The number of amides is 1. The molecule has 0 unspecified atom stereocenters. The van der Waals surface area contributed by atoms with Crippen LogP contribution in [-0.4, -0.2) is 22.9 Å². The van der Waals surface area contributed by atoms with Gasteiger partial charge in [-0.3, -0.25) is 14.9 Å². The van der Waals surface area contributed by atoms with E-state index in [-0.39, 0.29) is 35.0 Å². The molecular formula is C15H24ClN3O3. The van der Waals surface area contributed by atoms with Gasteiger partial charge >= 0.3 is 0 Å². The average Bonchev–Trinajstić information content (AvgIpc) is 2.33. The highest BCUT2D eigenvalue weighted by molar-refractivity contribution is 5.95. The number of nitrogens with one attached hydrogen (secondary N) is 1. The van der Waals surface area contributed by atoms with E-state index in [0.29, 0.717) is 12.1 Å². The van der Waals surface area contributed by atoms with E-state index in [1.807, 2.05) is 20.8 Å². The van der Waals surface area contributed by atoms with Gasteiger partial charge in [-0.05, 0) is 25.3 Å². The maximum absolute atomic E-state index is 12.0. The Labute approximate surface area is 137 Å². The lowest BCUT2D eigenvalue weighted by molar-refractivity contribution is -0.386. The van der Waals surface area contributed by atoms with Crippen LogP contribution in [0.15, 0.2) is 18.2 Å². The molecule has 0 radical (unpaired) electrons. The number of nitro benzene ring substituents is 1.